The third-order valence-electron chi connectivity index (χ3n) is 6.82. The van der Waals surface area contributed by atoms with Crippen LogP contribution in [-0.4, -0.2) is 36.2 Å². The third-order valence-corrected chi connectivity index (χ3v) is 6.82. The lowest BCUT2D eigenvalue weighted by atomic mass is 9.81. The molecule has 1 saturated heterocycles. The Balaban J connectivity index is 1.45. The summed E-state index contributed by atoms with van der Waals surface area (Å²) in [4.78, 5) is 15.6. The molecule has 0 saturated carbocycles. The van der Waals surface area contributed by atoms with E-state index in [2.05, 4.69) is 10.2 Å². The van der Waals surface area contributed by atoms with E-state index >= 15 is 0 Å². The number of amides is 1. The number of piperidine rings is 1. The van der Waals surface area contributed by atoms with Crippen LogP contribution in [0.5, 0.6) is 0 Å². The number of hydrogen-bond donors (Lipinski definition) is 0. The molecule has 3 aromatic heterocycles. The highest BCUT2D eigenvalue weighted by Crippen LogP contribution is 2.45. The lowest BCUT2D eigenvalue weighted by molar-refractivity contribution is 0.0394. The van der Waals surface area contributed by atoms with Gasteiger partial charge in [-0.15, -0.1) is 0 Å². The second-order valence-electron chi connectivity index (χ2n) is 8.70. The molecular formula is C24H20F3N5O. The highest BCUT2D eigenvalue weighted by atomic mass is 19.2. The molecular weight excluding hydrogens is 431 g/mol. The Bertz CT molecular complexity index is 1400. The summed E-state index contributed by atoms with van der Waals surface area (Å²) < 4.78 is 44.7. The number of carbonyl (C=O) groups excluding carboxylic acids is 1. The van der Waals surface area contributed by atoms with Crippen molar-refractivity contribution in [3.63, 3.8) is 0 Å². The summed E-state index contributed by atoms with van der Waals surface area (Å²) in [7, 11) is 1.70. The molecule has 33 heavy (non-hydrogen) atoms. The Labute approximate surface area is 187 Å². The van der Waals surface area contributed by atoms with Crippen molar-refractivity contribution in [1.29, 1.82) is 0 Å². The van der Waals surface area contributed by atoms with Crippen LogP contribution in [-0.2, 0) is 13.5 Å². The molecule has 0 unspecified atom stereocenters. The number of aryl methyl sites for hydroxylation is 1. The Kier molecular flexibility index (Phi) is 4.36. The molecule has 6 nitrogen and oxygen atoms in total. The Hall–Kier alpha value is -3.62. The first-order chi connectivity index (χ1) is 15.9. The smallest absolute Gasteiger partial charge is 0.258 e. The summed E-state index contributed by atoms with van der Waals surface area (Å²) in [6, 6.07) is 7.28. The van der Waals surface area contributed by atoms with Gasteiger partial charge >= 0.3 is 0 Å². The summed E-state index contributed by atoms with van der Waals surface area (Å²) >= 11 is 0. The van der Waals surface area contributed by atoms with Gasteiger partial charge in [0.25, 0.3) is 5.91 Å². The molecule has 1 aromatic carbocycles. The maximum absolute atomic E-state index is 14.0. The fraction of sp³-hybridized carbons (Fsp3) is 0.292. The molecule has 6 rings (SSSR count). The molecule has 5 heterocycles. The van der Waals surface area contributed by atoms with Crippen molar-refractivity contribution in [3.8, 4) is 11.3 Å². The molecule has 2 aliphatic heterocycles. The predicted octanol–water partition coefficient (Wildman–Crippen LogP) is 4.44. The molecule has 168 valence electrons. The minimum atomic E-state index is -1.49. The van der Waals surface area contributed by atoms with Crippen LogP contribution in [0.1, 0.15) is 46.9 Å². The van der Waals surface area contributed by atoms with Crippen LogP contribution < -0.4 is 0 Å². The number of aromatic nitrogens is 4. The lowest BCUT2D eigenvalue weighted by Gasteiger charge is -2.45. The summed E-state index contributed by atoms with van der Waals surface area (Å²) in [5.74, 6) is -4.05. The topological polar surface area (TPSA) is 55.4 Å². The van der Waals surface area contributed by atoms with Crippen molar-refractivity contribution in [1.82, 2.24) is 24.3 Å². The third kappa shape index (κ3) is 2.91. The van der Waals surface area contributed by atoms with Crippen LogP contribution in [0.3, 0.4) is 0 Å². The van der Waals surface area contributed by atoms with Crippen LogP contribution in [0.15, 0.2) is 42.7 Å². The molecule has 0 aliphatic carbocycles. The lowest BCUT2D eigenvalue weighted by Crippen LogP contribution is -2.49. The normalized spacial score (nSPS) is 19.7. The zero-order valence-corrected chi connectivity index (χ0v) is 17.8. The summed E-state index contributed by atoms with van der Waals surface area (Å²) in [6.45, 7) is 0. The number of rotatable bonds is 2. The van der Waals surface area contributed by atoms with Crippen LogP contribution in [0, 0.1) is 17.5 Å². The van der Waals surface area contributed by atoms with Crippen LogP contribution in [0.4, 0.5) is 13.2 Å². The van der Waals surface area contributed by atoms with E-state index in [0.717, 1.165) is 48.2 Å². The van der Waals surface area contributed by atoms with Gasteiger partial charge in [0.1, 0.15) is 0 Å². The van der Waals surface area contributed by atoms with E-state index < -0.39 is 17.5 Å². The van der Waals surface area contributed by atoms with E-state index in [1.807, 2.05) is 23.1 Å². The number of nitrogens with zero attached hydrogens (tertiary/aromatic N) is 5. The number of fused-ring (bicyclic) bond motifs is 5. The summed E-state index contributed by atoms with van der Waals surface area (Å²) in [5, 5.41) is 8.97. The van der Waals surface area contributed by atoms with E-state index in [1.54, 1.807) is 28.6 Å². The van der Waals surface area contributed by atoms with Gasteiger partial charge in [-0.3, -0.25) is 9.48 Å². The number of pyridine rings is 1. The zero-order chi connectivity index (χ0) is 22.9. The summed E-state index contributed by atoms with van der Waals surface area (Å²) in [5.41, 5.74) is 3.67. The van der Waals surface area contributed by atoms with Crippen molar-refractivity contribution in [2.75, 3.05) is 0 Å². The standard InChI is InChI=1S/C24H20F3N5O/c1-30-23(13-9-17(25)21(27)18(26)10-13)15-11-14-5-4-7-20(22(15)29-30)32(14)24(33)16-12-28-31-8-3-2-6-19(16)31/h2-3,6,8-10,12,14,20H,4-5,7,11H2,1H3/t14-,20+/m0/s1. The van der Waals surface area contributed by atoms with E-state index in [9.17, 15) is 18.0 Å². The van der Waals surface area contributed by atoms with Crippen molar-refractivity contribution in [2.24, 2.45) is 7.05 Å². The number of halogens is 3. The molecule has 1 amide bonds. The van der Waals surface area contributed by atoms with Gasteiger partial charge in [-0.1, -0.05) is 6.07 Å². The Morgan fingerprint density at radius 2 is 1.91 bits per heavy atom. The predicted molar refractivity (Wildman–Crippen MR) is 114 cm³/mol. The average Bonchev–Trinajstić information content (AvgIpc) is 3.37. The maximum atomic E-state index is 14.0. The first-order valence-electron chi connectivity index (χ1n) is 10.9. The minimum absolute atomic E-state index is 0.0690. The zero-order valence-electron chi connectivity index (χ0n) is 17.8. The molecule has 1 fully saturated rings. The second-order valence-corrected chi connectivity index (χ2v) is 8.70. The van der Waals surface area contributed by atoms with Gasteiger partial charge in [-0.05, 0) is 49.9 Å². The van der Waals surface area contributed by atoms with Crippen LogP contribution in [0.2, 0.25) is 0 Å². The fourth-order valence-electron chi connectivity index (χ4n) is 5.44. The first-order valence-corrected chi connectivity index (χ1v) is 10.9. The minimum Gasteiger partial charge on any atom is -0.327 e. The first kappa shape index (κ1) is 20.0. The molecule has 4 aromatic rings. The van der Waals surface area contributed by atoms with Crippen molar-refractivity contribution >= 4 is 11.4 Å². The van der Waals surface area contributed by atoms with Crippen molar-refractivity contribution in [3.05, 3.63) is 77.0 Å². The van der Waals surface area contributed by atoms with Gasteiger partial charge in [-0.25, -0.2) is 17.7 Å². The highest BCUT2D eigenvalue weighted by molar-refractivity contribution is 6.01. The largest absolute Gasteiger partial charge is 0.327 e. The van der Waals surface area contributed by atoms with Crippen molar-refractivity contribution in [2.45, 2.75) is 37.8 Å². The SMILES string of the molecule is Cn1nc2c(c1-c1cc(F)c(F)c(F)c1)C[C@@H]1CCC[C@H]2N1C(=O)c1cnn2ccccc12. The average molecular weight is 451 g/mol. The van der Waals surface area contributed by atoms with Crippen LogP contribution >= 0.6 is 0 Å². The number of carbonyl (C=O) groups is 1. The van der Waals surface area contributed by atoms with Gasteiger partial charge in [0, 0.05) is 30.4 Å². The van der Waals surface area contributed by atoms with Gasteiger partial charge in [0.05, 0.1) is 34.7 Å². The molecule has 0 spiro atoms. The van der Waals surface area contributed by atoms with Gasteiger partial charge < -0.3 is 4.90 Å². The Morgan fingerprint density at radius 3 is 2.70 bits per heavy atom. The molecule has 2 atom stereocenters. The maximum Gasteiger partial charge on any atom is 0.258 e. The molecule has 0 N–H and O–H groups in total. The number of benzene rings is 1. The molecule has 2 bridgehead atoms. The van der Waals surface area contributed by atoms with E-state index in [0.29, 0.717) is 17.7 Å². The van der Waals surface area contributed by atoms with Gasteiger partial charge in [-0.2, -0.15) is 10.2 Å². The van der Waals surface area contributed by atoms with Gasteiger partial charge in [0.2, 0.25) is 0 Å². The second kappa shape index (κ2) is 7.19. The highest BCUT2D eigenvalue weighted by Gasteiger charge is 2.44. The van der Waals surface area contributed by atoms with Crippen molar-refractivity contribution < 1.29 is 18.0 Å². The molecule has 9 heteroatoms. The van der Waals surface area contributed by atoms with Gasteiger partial charge in [0.15, 0.2) is 17.5 Å². The number of hydrogen-bond acceptors (Lipinski definition) is 3. The van der Waals surface area contributed by atoms with Crippen LogP contribution in [0.25, 0.3) is 16.8 Å². The monoisotopic (exact) mass is 451 g/mol. The summed E-state index contributed by atoms with van der Waals surface area (Å²) in [6.07, 6.45) is 6.43. The van der Waals surface area contributed by atoms with E-state index in [4.69, 9.17) is 0 Å². The van der Waals surface area contributed by atoms with E-state index in [-0.39, 0.29) is 23.6 Å². The Morgan fingerprint density at radius 1 is 1.12 bits per heavy atom. The molecule has 0 radical (unpaired) electrons. The van der Waals surface area contributed by atoms with E-state index in [1.165, 1.54) is 0 Å². The molecule has 2 aliphatic rings. The fourth-order valence-corrected chi connectivity index (χ4v) is 5.44. The quantitative estimate of drug-likeness (QED) is 0.424.